The molecule has 0 saturated carbocycles. The van der Waals surface area contributed by atoms with Gasteiger partial charge < -0.3 is 9.47 Å². The molecule has 9 heteroatoms. The molecule has 1 aromatic rings. The predicted molar refractivity (Wildman–Crippen MR) is 68.8 cm³/mol. The van der Waals surface area contributed by atoms with Crippen LogP contribution in [0, 0.1) is 17.5 Å². The Bertz CT molecular complexity index is 566. The van der Waals surface area contributed by atoms with Crippen LogP contribution in [0.25, 0.3) is 0 Å². The second-order valence-electron chi connectivity index (χ2n) is 4.03. The number of methoxy groups -OCH3 is 1. The van der Waals surface area contributed by atoms with Crippen LogP contribution in [0.5, 0.6) is 0 Å². The Kier molecular flexibility index (Phi) is 7.09. The van der Waals surface area contributed by atoms with Crippen molar-refractivity contribution in [1.29, 1.82) is 0 Å². The Morgan fingerprint density at radius 1 is 1.10 bits per heavy atom. The summed E-state index contributed by atoms with van der Waals surface area (Å²) in [7, 11) is -2.72. The van der Waals surface area contributed by atoms with E-state index in [1.165, 1.54) is 7.11 Å². The third-order valence-corrected chi connectivity index (χ3v) is 3.96. The number of ether oxygens (including phenoxy) is 2. The van der Waals surface area contributed by atoms with E-state index in [0.29, 0.717) is 31.8 Å². The average molecular weight is 327 g/mol. The average Bonchev–Trinajstić information content (AvgIpc) is 2.43. The maximum atomic E-state index is 13.4. The van der Waals surface area contributed by atoms with Crippen molar-refractivity contribution in [3.63, 3.8) is 0 Å². The zero-order valence-electron chi connectivity index (χ0n) is 11.4. The Balaban J connectivity index is 2.53. The summed E-state index contributed by atoms with van der Waals surface area (Å²) in [5.41, 5.74) is 0. The summed E-state index contributed by atoms with van der Waals surface area (Å²) in [6, 6.07) is 1.23. The Morgan fingerprint density at radius 2 is 1.81 bits per heavy atom. The van der Waals surface area contributed by atoms with E-state index in [4.69, 9.17) is 9.47 Å². The van der Waals surface area contributed by atoms with Crippen LogP contribution in [0.2, 0.25) is 0 Å². The fourth-order valence-corrected chi connectivity index (χ4v) is 2.56. The van der Waals surface area contributed by atoms with Crippen molar-refractivity contribution in [2.75, 3.05) is 33.5 Å². The Hall–Kier alpha value is -1.16. The van der Waals surface area contributed by atoms with Gasteiger partial charge in [-0.15, -0.1) is 0 Å². The number of hydrogen-bond acceptors (Lipinski definition) is 4. The molecule has 0 saturated heterocycles. The van der Waals surface area contributed by atoms with Crippen LogP contribution in [-0.2, 0) is 19.5 Å². The van der Waals surface area contributed by atoms with Crippen LogP contribution in [-0.4, -0.2) is 41.9 Å². The molecule has 0 amide bonds. The largest absolute Gasteiger partial charge is 0.382 e. The summed E-state index contributed by atoms with van der Waals surface area (Å²) in [5.74, 6) is -5.00. The Morgan fingerprint density at radius 3 is 2.48 bits per heavy atom. The number of rotatable bonds is 9. The lowest BCUT2D eigenvalue weighted by molar-refractivity contribution is 0.0699. The molecular weight excluding hydrogens is 311 g/mol. The smallest absolute Gasteiger partial charge is 0.243 e. The molecule has 0 bridgehead atoms. The summed E-state index contributed by atoms with van der Waals surface area (Å²) in [6.07, 6.45) is 0.342. The van der Waals surface area contributed by atoms with Gasteiger partial charge in [0.25, 0.3) is 0 Å². The standard InChI is InChI=1S/C12H16F3NO4S/c1-19-7-8-20-6-2-5-16-21(17,18)10-4-3-9(13)11(14)12(10)15/h3-4,16H,2,5-8H2,1H3. The minimum Gasteiger partial charge on any atom is -0.382 e. The molecule has 5 nitrogen and oxygen atoms in total. The van der Waals surface area contributed by atoms with Gasteiger partial charge in [0.05, 0.1) is 13.2 Å². The molecule has 1 aromatic carbocycles. The lowest BCUT2D eigenvalue weighted by Crippen LogP contribution is -2.27. The number of halogens is 3. The highest BCUT2D eigenvalue weighted by Gasteiger charge is 2.23. The van der Waals surface area contributed by atoms with Gasteiger partial charge in [-0.2, -0.15) is 0 Å². The van der Waals surface area contributed by atoms with E-state index in [-0.39, 0.29) is 13.2 Å². The predicted octanol–water partition coefficient (Wildman–Crippen LogP) is 1.44. The maximum absolute atomic E-state index is 13.4. The number of nitrogens with one attached hydrogen (secondary N) is 1. The van der Waals surface area contributed by atoms with Gasteiger partial charge in [0.15, 0.2) is 17.5 Å². The molecule has 0 fully saturated rings. The zero-order valence-corrected chi connectivity index (χ0v) is 12.2. The van der Waals surface area contributed by atoms with Crippen LogP contribution in [0.3, 0.4) is 0 Å². The highest BCUT2D eigenvalue weighted by atomic mass is 32.2. The number of benzene rings is 1. The van der Waals surface area contributed by atoms with Gasteiger partial charge in [-0.25, -0.2) is 26.3 Å². The first-order valence-electron chi connectivity index (χ1n) is 6.10. The van der Waals surface area contributed by atoms with E-state index in [1.54, 1.807) is 0 Å². The summed E-state index contributed by atoms with van der Waals surface area (Å²) in [4.78, 5) is -0.929. The first kappa shape index (κ1) is 17.9. The quantitative estimate of drug-likeness (QED) is 0.550. The van der Waals surface area contributed by atoms with Gasteiger partial charge >= 0.3 is 0 Å². The third-order valence-electron chi connectivity index (χ3n) is 2.48. The summed E-state index contributed by atoms with van der Waals surface area (Å²) in [6.45, 7) is 1.06. The monoisotopic (exact) mass is 327 g/mol. The molecular formula is C12H16F3NO4S. The minimum absolute atomic E-state index is 0.0201. The van der Waals surface area contributed by atoms with Crippen molar-refractivity contribution in [2.45, 2.75) is 11.3 Å². The second-order valence-corrected chi connectivity index (χ2v) is 5.77. The van der Waals surface area contributed by atoms with Crippen molar-refractivity contribution < 1.29 is 31.1 Å². The van der Waals surface area contributed by atoms with Crippen LogP contribution in [0.4, 0.5) is 13.2 Å². The molecule has 21 heavy (non-hydrogen) atoms. The molecule has 0 aromatic heterocycles. The van der Waals surface area contributed by atoms with Crippen molar-refractivity contribution in [3.05, 3.63) is 29.6 Å². The van der Waals surface area contributed by atoms with E-state index in [9.17, 15) is 21.6 Å². The summed E-state index contributed by atoms with van der Waals surface area (Å²) >= 11 is 0. The lowest BCUT2D eigenvalue weighted by atomic mass is 10.3. The van der Waals surface area contributed by atoms with E-state index in [0.717, 1.165) is 0 Å². The molecule has 0 spiro atoms. The van der Waals surface area contributed by atoms with Crippen LogP contribution < -0.4 is 4.72 Å². The highest BCUT2D eigenvalue weighted by molar-refractivity contribution is 7.89. The van der Waals surface area contributed by atoms with Crippen molar-refractivity contribution in [1.82, 2.24) is 4.72 Å². The number of hydrogen-bond donors (Lipinski definition) is 1. The summed E-state index contributed by atoms with van der Waals surface area (Å²) in [5, 5.41) is 0. The first-order chi connectivity index (χ1) is 9.90. The molecule has 0 atom stereocenters. The molecule has 0 aliphatic carbocycles. The van der Waals surface area contributed by atoms with Crippen molar-refractivity contribution in [2.24, 2.45) is 0 Å². The van der Waals surface area contributed by atoms with Crippen LogP contribution in [0.1, 0.15) is 6.42 Å². The molecule has 1 N–H and O–H groups in total. The fourth-order valence-electron chi connectivity index (χ4n) is 1.42. The minimum atomic E-state index is -4.24. The fraction of sp³-hybridized carbons (Fsp3) is 0.500. The second kappa shape index (κ2) is 8.32. The maximum Gasteiger partial charge on any atom is 0.243 e. The molecule has 0 aliphatic rings. The van der Waals surface area contributed by atoms with E-state index < -0.39 is 32.4 Å². The van der Waals surface area contributed by atoms with Gasteiger partial charge in [-0.3, -0.25) is 0 Å². The molecule has 0 aliphatic heterocycles. The topological polar surface area (TPSA) is 64.6 Å². The molecule has 120 valence electrons. The van der Waals surface area contributed by atoms with Gasteiger partial charge in [-0.1, -0.05) is 0 Å². The van der Waals surface area contributed by atoms with Crippen LogP contribution in [0.15, 0.2) is 17.0 Å². The first-order valence-corrected chi connectivity index (χ1v) is 7.58. The van der Waals surface area contributed by atoms with Crippen LogP contribution >= 0.6 is 0 Å². The normalized spacial score (nSPS) is 11.8. The van der Waals surface area contributed by atoms with E-state index in [1.807, 2.05) is 0 Å². The molecule has 0 heterocycles. The van der Waals surface area contributed by atoms with Gasteiger partial charge in [0, 0.05) is 20.3 Å². The lowest BCUT2D eigenvalue weighted by Gasteiger charge is -2.08. The number of sulfonamides is 1. The Labute approximate surface area is 121 Å². The van der Waals surface area contributed by atoms with Crippen molar-refractivity contribution >= 4 is 10.0 Å². The zero-order chi connectivity index (χ0) is 15.9. The molecule has 0 unspecified atom stereocenters. The van der Waals surface area contributed by atoms with E-state index >= 15 is 0 Å². The van der Waals surface area contributed by atoms with E-state index in [2.05, 4.69) is 4.72 Å². The van der Waals surface area contributed by atoms with Gasteiger partial charge in [-0.05, 0) is 18.6 Å². The van der Waals surface area contributed by atoms with Gasteiger partial charge in [0.2, 0.25) is 10.0 Å². The SMILES string of the molecule is COCCOCCCNS(=O)(=O)c1ccc(F)c(F)c1F. The molecule has 1 rings (SSSR count). The van der Waals surface area contributed by atoms with Crippen molar-refractivity contribution in [3.8, 4) is 0 Å². The third kappa shape index (κ3) is 5.27. The summed E-state index contributed by atoms with van der Waals surface area (Å²) < 4.78 is 74.6. The molecule has 0 radical (unpaired) electrons. The van der Waals surface area contributed by atoms with Gasteiger partial charge in [0.1, 0.15) is 4.90 Å². The highest BCUT2D eigenvalue weighted by Crippen LogP contribution is 2.19.